The molecule has 1 aliphatic carbocycles. The molecular formula is C16H33NO. The lowest BCUT2D eigenvalue weighted by molar-refractivity contribution is 0.114. The van der Waals surface area contributed by atoms with Gasteiger partial charge in [0.15, 0.2) is 0 Å². The van der Waals surface area contributed by atoms with Crippen LogP contribution in [0, 0.1) is 0 Å². The minimum atomic E-state index is -0.116. The van der Waals surface area contributed by atoms with Gasteiger partial charge in [-0.15, -0.1) is 0 Å². The Morgan fingerprint density at radius 2 is 1.78 bits per heavy atom. The Hall–Kier alpha value is -0.0800. The van der Waals surface area contributed by atoms with Gasteiger partial charge in [0.25, 0.3) is 0 Å². The molecule has 1 aliphatic rings. The van der Waals surface area contributed by atoms with Crippen LogP contribution < -0.4 is 5.32 Å². The van der Waals surface area contributed by atoms with Gasteiger partial charge in [0.2, 0.25) is 0 Å². The molecule has 1 saturated carbocycles. The van der Waals surface area contributed by atoms with Crippen LogP contribution in [0.2, 0.25) is 0 Å². The molecule has 1 rings (SSSR count). The highest BCUT2D eigenvalue weighted by Crippen LogP contribution is 2.19. The van der Waals surface area contributed by atoms with E-state index in [2.05, 4.69) is 19.2 Å². The molecule has 0 aromatic heterocycles. The van der Waals surface area contributed by atoms with Crippen LogP contribution in [-0.2, 0) is 0 Å². The molecule has 0 bridgehead atoms. The predicted molar refractivity (Wildman–Crippen MR) is 78.9 cm³/mol. The zero-order chi connectivity index (χ0) is 13.2. The molecule has 108 valence electrons. The lowest BCUT2D eigenvalue weighted by Crippen LogP contribution is -2.43. The lowest BCUT2D eigenvalue weighted by atomic mass is 10.0. The first kappa shape index (κ1) is 16.0. The van der Waals surface area contributed by atoms with Gasteiger partial charge in [-0.1, -0.05) is 58.3 Å². The second-order valence-corrected chi connectivity index (χ2v) is 6.08. The van der Waals surface area contributed by atoms with Crippen molar-refractivity contribution in [2.75, 3.05) is 0 Å². The fourth-order valence-electron chi connectivity index (χ4n) is 2.99. The van der Waals surface area contributed by atoms with Crippen molar-refractivity contribution in [3.8, 4) is 0 Å². The minimum Gasteiger partial charge on any atom is -0.392 e. The Morgan fingerprint density at radius 1 is 1.06 bits per heavy atom. The van der Waals surface area contributed by atoms with E-state index in [9.17, 15) is 5.11 Å². The van der Waals surface area contributed by atoms with E-state index >= 15 is 0 Å². The summed E-state index contributed by atoms with van der Waals surface area (Å²) < 4.78 is 0. The van der Waals surface area contributed by atoms with Crippen molar-refractivity contribution in [1.29, 1.82) is 0 Å². The summed E-state index contributed by atoms with van der Waals surface area (Å²) in [4.78, 5) is 0. The highest BCUT2D eigenvalue weighted by Gasteiger charge is 2.22. The molecule has 0 amide bonds. The van der Waals surface area contributed by atoms with Crippen molar-refractivity contribution in [3.05, 3.63) is 0 Å². The molecule has 0 spiro atoms. The van der Waals surface area contributed by atoms with E-state index in [1.54, 1.807) is 0 Å². The second-order valence-electron chi connectivity index (χ2n) is 6.08. The number of hydrogen-bond donors (Lipinski definition) is 2. The maximum Gasteiger partial charge on any atom is 0.0693 e. The van der Waals surface area contributed by atoms with Gasteiger partial charge >= 0.3 is 0 Å². The van der Waals surface area contributed by atoms with Gasteiger partial charge in [-0.05, 0) is 26.2 Å². The first-order valence-electron chi connectivity index (χ1n) is 8.18. The lowest BCUT2D eigenvalue weighted by Gasteiger charge is -2.26. The standard InChI is InChI=1S/C16H33NO/c1-3-4-5-6-8-11-14(2)17-15-12-9-7-10-13-16(15)18/h14-18H,3-13H2,1-2H3. The van der Waals surface area contributed by atoms with Crippen LogP contribution in [0.25, 0.3) is 0 Å². The minimum absolute atomic E-state index is 0.116. The third kappa shape index (κ3) is 6.75. The zero-order valence-electron chi connectivity index (χ0n) is 12.5. The van der Waals surface area contributed by atoms with Crippen LogP contribution in [0.5, 0.6) is 0 Å². The molecule has 2 heteroatoms. The van der Waals surface area contributed by atoms with Crippen molar-refractivity contribution >= 4 is 0 Å². The molecule has 18 heavy (non-hydrogen) atoms. The fourth-order valence-corrected chi connectivity index (χ4v) is 2.99. The maximum absolute atomic E-state index is 10.1. The Labute approximate surface area is 114 Å². The van der Waals surface area contributed by atoms with Crippen molar-refractivity contribution in [2.24, 2.45) is 0 Å². The van der Waals surface area contributed by atoms with Gasteiger partial charge in [-0.25, -0.2) is 0 Å². The average Bonchev–Trinajstić information content (AvgIpc) is 2.55. The Morgan fingerprint density at radius 3 is 2.56 bits per heavy atom. The summed E-state index contributed by atoms with van der Waals surface area (Å²) in [5.74, 6) is 0. The smallest absolute Gasteiger partial charge is 0.0693 e. The van der Waals surface area contributed by atoms with Crippen LogP contribution in [0.1, 0.15) is 84.5 Å². The summed E-state index contributed by atoms with van der Waals surface area (Å²) in [5, 5.41) is 13.7. The monoisotopic (exact) mass is 255 g/mol. The largest absolute Gasteiger partial charge is 0.392 e. The van der Waals surface area contributed by atoms with Crippen LogP contribution in [0.4, 0.5) is 0 Å². The molecule has 0 saturated heterocycles. The topological polar surface area (TPSA) is 32.3 Å². The summed E-state index contributed by atoms with van der Waals surface area (Å²) in [7, 11) is 0. The highest BCUT2D eigenvalue weighted by atomic mass is 16.3. The molecule has 0 aromatic carbocycles. The number of hydrogen-bond acceptors (Lipinski definition) is 2. The van der Waals surface area contributed by atoms with Crippen molar-refractivity contribution in [2.45, 2.75) is 103 Å². The molecule has 0 radical (unpaired) electrons. The van der Waals surface area contributed by atoms with E-state index in [1.807, 2.05) is 0 Å². The fraction of sp³-hybridized carbons (Fsp3) is 1.00. The SMILES string of the molecule is CCCCCCCC(C)NC1CCCCCC1O. The van der Waals surface area contributed by atoms with E-state index < -0.39 is 0 Å². The molecule has 2 nitrogen and oxygen atoms in total. The van der Waals surface area contributed by atoms with Gasteiger partial charge in [0, 0.05) is 12.1 Å². The molecule has 0 heterocycles. The van der Waals surface area contributed by atoms with Crippen LogP contribution >= 0.6 is 0 Å². The Balaban J connectivity index is 2.11. The molecule has 0 aliphatic heterocycles. The first-order chi connectivity index (χ1) is 8.74. The summed E-state index contributed by atoms with van der Waals surface area (Å²) in [5.41, 5.74) is 0. The average molecular weight is 255 g/mol. The van der Waals surface area contributed by atoms with Gasteiger partial charge in [-0.2, -0.15) is 0 Å². The summed E-state index contributed by atoms with van der Waals surface area (Å²) in [6.07, 6.45) is 13.8. The highest BCUT2D eigenvalue weighted by molar-refractivity contribution is 4.81. The van der Waals surface area contributed by atoms with Crippen molar-refractivity contribution < 1.29 is 5.11 Å². The van der Waals surface area contributed by atoms with Gasteiger partial charge < -0.3 is 10.4 Å². The van der Waals surface area contributed by atoms with Gasteiger partial charge in [0.05, 0.1) is 6.10 Å². The van der Waals surface area contributed by atoms with Crippen LogP contribution in [0.3, 0.4) is 0 Å². The van der Waals surface area contributed by atoms with Crippen LogP contribution in [-0.4, -0.2) is 23.3 Å². The van der Waals surface area contributed by atoms with E-state index in [4.69, 9.17) is 0 Å². The zero-order valence-corrected chi connectivity index (χ0v) is 12.5. The van der Waals surface area contributed by atoms with E-state index in [0.717, 1.165) is 12.8 Å². The predicted octanol–water partition coefficient (Wildman–Crippen LogP) is 4.02. The molecular weight excluding hydrogens is 222 g/mol. The number of nitrogens with one attached hydrogen (secondary N) is 1. The van der Waals surface area contributed by atoms with E-state index in [0.29, 0.717) is 12.1 Å². The van der Waals surface area contributed by atoms with Crippen LogP contribution in [0.15, 0.2) is 0 Å². The number of unbranched alkanes of at least 4 members (excludes halogenated alkanes) is 4. The molecule has 2 N–H and O–H groups in total. The summed E-state index contributed by atoms with van der Waals surface area (Å²) in [6.45, 7) is 4.54. The van der Waals surface area contributed by atoms with Crippen molar-refractivity contribution in [1.82, 2.24) is 5.32 Å². The van der Waals surface area contributed by atoms with E-state index in [1.165, 1.54) is 57.8 Å². The summed E-state index contributed by atoms with van der Waals surface area (Å²) in [6, 6.07) is 0.905. The molecule has 3 unspecified atom stereocenters. The maximum atomic E-state index is 10.1. The summed E-state index contributed by atoms with van der Waals surface area (Å²) >= 11 is 0. The molecule has 0 aromatic rings. The first-order valence-corrected chi connectivity index (χ1v) is 8.18. The van der Waals surface area contributed by atoms with Gasteiger partial charge in [-0.3, -0.25) is 0 Å². The third-order valence-corrected chi connectivity index (χ3v) is 4.22. The Bertz CT molecular complexity index is 196. The molecule has 1 fully saturated rings. The normalized spacial score (nSPS) is 26.8. The number of aliphatic hydroxyl groups excluding tert-OH is 1. The second kappa shape index (κ2) is 9.80. The van der Waals surface area contributed by atoms with Crippen molar-refractivity contribution in [3.63, 3.8) is 0 Å². The Kier molecular flexibility index (Phi) is 8.70. The number of aliphatic hydroxyl groups is 1. The third-order valence-electron chi connectivity index (χ3n) is 4.22. The quantitative estimate of drug-likeness (QED) is 0.507. The number of rotatable bonds is 8. The van der Waals surface area contributed by atoms with E-state index in [-0.39, 0.29) is 6.10 Å². The van der Waals surface area contributed by atoms with Gasteiger partial charge in [0.1, 0.15) is 0 Å². The molecule has 3 atom stereocenters.